The van der Waals surface area contributed by atoms with Crippen molar-refractivity contribution < 1.29 is 17.9 Å². The van der Waals surface area contributed by atoms with E-state index in [-0.39, 0.29) is 24.8 Å². The van der Waals surface area contributed by atoms with Crippen molar-refractivity contribution in [1.29, 1.82) is 0 Å². The molecule has 0 unspecified atom stereocenters. The maximum absolute atomic E-state index is 12.2. The van der Waals surface area contributed by atoms with Gasteiger partial charge in [0.1, 0.15) is 5.75 Å². The normalized spacial score (nSPS) is 13.8. The average Bonchev–Trinajstić information content (AvgIpc) is 2.52. The predicted molar refractivity (Wildman–Crippen MR) is 91.2 cm³/mol. The molecule has 2 N–H and O–H groups in total. The number of ether oxygens (including phenoxy) is 1. The Hall–Kier alpha value is -2.38. The number of nitrogens with one attached hydrogen (secondary N) is 2. The molecule has 0 bridgehead atoms. The fourth-order valence-corrected chi connectivity index (χ4v) is 3.61. The number of amides is 1. The minimum Gasteiger partial charge on any atom is -0.482 e. The molecule has 0 atom stereocenters. The van der Waals surface area contributed by atoms with Crippen LogP contribution in [0.2, 0.25) is 0 Å². The van der Waals surface area contributed by atoms with E-state index >= 15 is 0 Å². The second kappa shape index (κ2) is 6.62. The standard InChI is InChI=1S/C17H18N2O4S/c1-12-3-2-4-14(7-12)11-24(21,22)18-9-13-5-6-16-15(8-13)19-17(20)10-23-16/h2-8,18H,9-11H2,1H3,(H,19,20). The van der Waals surface area contributed by atoms with Gasteiger partial charge in [0.15, 0.2) is 6.61 Å². The molecular weight excluding hydrogens is 328 g/mol. The number of sulfonamides is 1. The van der Waals surface area contributed by atoms with Crippen LogP contribution in [0.15, 0.2) is 42.5 Å². The Morgan fingerprint density at radius 3 is 2.79 bits per heavy atom. The third-order valence-corrected chi connectivity index (χ3v) is 4.91. The lowest BCUT2D eigenvalue weighted by atomic mass is 10.1. The van der Waals surface area contributed by atoms with Crippen LogP contribution < -0.4 is 14.8 Å². The van der Waals surface area contributed by atoms with Crippen molar-refractivity contribution in [2.75, 3.05) is 11.9 Å². The summed E-state index contributed by atoms with van der Waals surface area (Å²) < 4.78 is 32.3. The van der Waals surface area contributed by atoms with Crippen molar-refractivity contribution in [3.05, 3.63) is 59.2 Å². The highest BCUT2D eigenvalue weighted by Gasteiger charge is 2.17. The molecule has 24 heavy (non-hydrogen) atoms. The summed E-state index contributed by atoms with van der Waals surface area (Å²) >= 11 is 0. The molecule has 126 valence electrons. The fourth-order valence-electron chi connectivity index (χ4n) is 2.51. The summed E-state index contributed by atoms with van der Waals surface area (Å²) in [6.45, 7) is 2.07. The first-order chi connectivity index (χ1) is 11.4. The van der Waals surface area contributed by atoms with Crippen molar-refractivity contribution in [2.45, 2.75) is 19.2 Å². The monoisotopic (exact) mass is 346 g/mol. The van der Waals surface area contributed by atoms with Crippen LogP contribution in [0, 0.1) is 6.92 Å². The van der Waals surface area contributed by atoms with Gasteiger partial charge in [0.25, 0.3) is 5.91 Å². The van der Waals surface area contributed by atoms with Crippen molar-refractivity contribution >= 4 is 21.6 Å². The average molecular weight is 346 g/mol. The predicted octanol–water partition coefficient (Wildman–Crippen LogP) is 1.95. The molecule has 0 aliphatic carbocycles. The van der Waals surface area contributed by atoms with Gasteiger partial charge in [-0.2, -0.15) is 0 Å². The number of carbonyl (C=O) groups excluding carboxylic acids is 1. The van der Waals surface area contributed by atoms with Gasteiger partial charge in [-0.1, -0.05) is 35.9 Å². The molecular formula is C17H18N2O4S. The minimum atomic E-state index is -3.45. The van der Waals surface area contributed by atoms with E-state index < -0.39 is 10.0 Å². The van der Waals surface area contributed by atoms with Crippen LogP contribution in [0.3, 0.4) is 0 Å². The molecule has 2 aromatic rings. The van der Waals surface area contributed by atoms with Crippen LogP contribution in [0.5, 0.6) is 5.75 Å². The molecule has 0 fully saturated rings. The van der Waals surface area contributed by atoms with Crippen LogP contribution in [0.25, 0.3) is 0 Å². The number of anilines is 1. The van der Waals surface area contributed by atoms with E-state index in [1.54, 1.807) is 24.3 Å². The first-order valence-corrected chi connectivity index (χ1v) is 9.15. The van der Waals surface area contributed by atoms with Gasteiger partial charge in [0, 0.05) is 6.54 Å². The fraction of sp³-hybridized carbons (Fsp3) is 0.235. The van der Waals surface area contributed by atoms with E-state index in [9.17, 15) is 13.2 Å². The SMILES string of the molecule is Cc1cccc(CS(=O)(=O)NCc2ccc3c(c2)NC(=O)CO3)c1. The van der Waals surface area contributed by atoms with Crippen molar-refractivity contribution in [1.82, 2.24) is 4.72 Å². The Balaban J connectivity index is 1.66. The van der Waals surface area contributed by atoms with Crippen molar-refractivity contribution in [3.8, 4) is 5.75 Å². The number of benzene rings is 2. The highest BCUT2D eigenvalue weighted by molar-refractivity contribution is 7.88. The molecule has 6 nitrogen and oxygen atoms in total. The quantitative estimate of drug-likeness (QED) is 0.867. The van der Waals surface area contributed by atoms with Crippen LogP contribution >= 0.6 is 0 Å². The topological polar surface area (TPSA) is 84.5 Å². The lowest BCUT2D eigenvalue weighted by molar-refractivity contribution is -0.118. The molecule has 1 heterocycles. The Morgan fingerprint density at radius 2 is 2.00 bits per heavy atom. The summed E-state index contributed by atoms with van der Waals surface area (Å²) in [5, 5.41) is 2.70. The zero-order valence-corrected chi connectivity index (χ0v) is 14.0. The second-order valence-corrected chi connectivity index (χ2v) is 7.54. The summed E-state index contributed by atoms with van der Waals surface area (Å²) in [6, 6.07) is 12.6. The first kappa shape index (κ1) is 16.5. The van der Waals surface area contributed by atoms with Gasteiger partial charge in [-0.15, -0.1) is 0 Å². The Morgan fingerprint density at radius 1 is 1.17 bits per heavy atom. The van der Waals surface area contributed by atoms with Crippen LogP contribution in [-0.2, 0) is 27.1 Å². The summed E-state index contributed by atoms with van der Waals surface area (Å²) in [5.41, 5.74) is 3.07. The Bertz CT molecular complexity index is 878. The van der Waals surface area contributed by atoms with E-state index in [2.05, 4.69) is 10.0 Å². The van der Waals surface area contributed by atoms with Gasteiger partial charge in [0.2, 0.25) is 10.0 Å². The number of rotatable bonds is 5. The molecule has 1 amide bonds. The molecule has 0 aromatic heterocycles. The van der Waals surface area contributed by atoms with E-state index in [1.165, 1.54) is 0 Å². The maximum Gasteiger partial charge on any atom is 0.262 e. The van der Waals surface area contributed by atoms with Crippen LogP contribution in [-0.4, -0.2) is 20.9 Å². The number of hydrogen-bond acceptors (Lipinski definition) is 4. The summed E-state index contributed by atoms with van der Waals surface area (Å²) in [6.07, 6.45) is 0. The molecule has 2 aromatic carbocycles. The molecule has 7 heteroatoms. The van der Waals surface area contributed by atoms with Gasteiger partial charge in [-0.3, -0.25) is 4.79 Å². The van der Waals surface area contributed by atoms with Gasteiger partial charge < -0.3 is 10.1 Å². The number of hydrogen-bond donors (Lipinski definition) is 2. The van der Waals surface area contributed by atoms with Gasteiger partial charge in [-0.05, 0) is 30.2 Å². The second-order valence-electron chi connectivity index (χ2n) is 5.74. The molecule has 0 saturated carbocycles. The van der Waals surface area contributed by atoms with Crippen molar-refractivity contribution in [3.63, 3.8) is 0 Å². The molecule has 0 radical (unpaired) electrons. The molecule has 0 spiro atoms. The molecule has 3 rings (SSSR count). The molecule has 1 aliphatic rings. The van der Waals surface area contributed by atoms with Crippen LogP contribution in [0.1, 0.15) is 16.7 Å². The van der Waals surface area contributed by atoms with E-state index in [0.717, 1.165) is 16.7 Å². The lowest BCUT2D eigenvalue weighted by Gasteiger charge is -2.18. The number of fused-ring (bicyclic) bond motifs is 1. The first-order valence-electron chi connectivity index (χ1n) is 7.50. The van der Waals surface area contributed by atoms with Gasteiger partial charge in [0.05, 0.1) is 11.4 Å². The molecule has 0 saturated heterocycles. The zero-order chi connectivity index (χ0) is 17.2. The zero-order valence-electron chi connectivity index (χ0n) is 13.2. The number of carbonyl (C=O) groups is 1. The number of aryl methyl sites for hydroxylation is 1. The van der Waals surface area contributed by atoms with E-state index in [1.807, 2.05) is 25.1 Å². The van der Waals surface area contributed by atoms with Gasteiger partial charge >= 0.3 is 0 Å². The summed E-state index contributed by atoms with van der Waals surface area (Å²) in [5.74, 6) is 0.292. The van der Waals surface area contributed by atoms with E-state index in [0.29, 0.717) is 11.4 Å². The van der Waals surface area contributed by atoms with E-state index in [4.69, 9.17) is 4.74 Å². The third-order valence-electron chi connectivity index (χ3n) is 3.61. The highest BCUT2D eigenvalue weighted by atomic mass is 32.2. The minimum absolute atomic E-state index is 0.00450. The largest absolute Gasteiger partial charge is 0.482 e. The highest BCUT2D eigenvalue weighted by Crippen LogP contribution is 2.28. The maximum atomic E-state index is 12.2. The van der Waals surface area contributed by atoms with Crippen molar-refractivity contribution in [2.24, 2.45) is 0 Å². The van der Waals surface area contributed by atoms with Crippen LogP contribution in [0.4, 0.5) is 5.69 Å². The smallest absolute Gasteiger partial charge is 0.262 e. The third kappa shape index (κ3) is 4.12. The van der Waals surface area contributed by atoms with Gasteiger partial charge in [-0.25, -0.2) is 13.1 Å². The molecule has 1 aliphatic heterocycles. The lowest BCUT2D eigenvalue weighted by Crippen LogP contribution is -2.26. The summed E-state index contributed by atoms with van der Waals surface area (Å²) in [7, 11) is -3.45. The summed E-state index contributed by atoms with van der Waals surface area (Å²) in [4.78, 5) is 11.3. The Labute approximate surface area is 140 Å². The Kier molecular flexibility index (Phi) is 4.55.